The van der Waals surface area contributed by atoms with E-state index in [-0.39, 0.29) is 0 Å². The molecule has 0 unspecified atom stereocenters. The molecule has 4 nitrogen and oxygen atoms in total. The Morgan fingerprint density at radius 1 is 0.714 bits per heavy atom. The van der Waals surface area contributed by atoms with E-state index < -0.39 is 17.4 Å². The van der Waals surface area contributed by atoms with Crippen molar-refractivity contribution in [3.05, 3.63) is 0 Å². The molecule has 0 saturated heterocycles. The Morgan fingerprint density at radius 2 is 1.10 bits per heavy atom. The molecule has 0 aromatic carbocycles. The zero-order chi connectivity index (χ0) is 16.1. The molecule has 0 N–H and O–H groups in total. The van der Waals surface area contributed by atoms with Gasteiger partial charge in [0.05, 0.1) is 13.2 Å². The Hall–Kier alpha value is -1.06. The van der Waals surface area contributed by atoms with Crippen LogP contribution in [-0.4, -0.2) is 25.2 Å². The van der Waals surface area contributed by atoms with Crippen molar-refractivity contribution in [2.24, 2.45) is 5.41 Å². The maximum absolute atomic E-state index is 12.0. The zero-order valence-electron chi connectivity index (χ0n) is 14.2. The van der Waals surface area contributed by atoms with Crippen molar-refractivity contribution in [2.45, 2.75) is 79.1 Å². The van der Waals surface area contributed by atoms with Crippen molar-refractivity contribution in [3.8, 4) is 0 Å². The minimum Gasteiger partial charge on any atom is -0.465 e. The minimum atomic E-state index is -1.21. The van der Waals surface area contributed by atoms with Crippen LogP contribution >= 0.6 is 0 Å². The molecule has 0 aliphatic heterocycles. The molecule has 0 radical (unpaired) electrons. The lowest BCUT2D eigenvalue weighted by atomic mass is 9.94. The van der Waals surface area contributed by atoms with Crippen molar-refractivity contribution < 1.29 is 19.1 Å². The van der Waals surface area contributed by atoms with Crippen LogP contribution in [0, 0.1) is 5.41 Å². The molecule has 0 aromatic heterocycles. The first-order chi connectivity index (χ1) is 9.96. The van der Waals surface area contributed by atoms with Gasteiger partial charge in [0.1, 0.15) is 0 Å². The van der Waals surface area contributed by atoms with Crippen LogP contribution in [0.3, 0.4) is 0 Å². The summed E-state index contributed by atoms with van der Waals surface area (Å²) in [6, 6.07) is 0. The summed E-state index contributed by atoms with van der Waals surface area (Å²) in [7, 11) is 0. The summed E-state index contributed by atoms with van der Waals surface area (Å²) in [5.74, 6) is -0.979. The fraction of sp³-hybridized carbons (Fsp3) is 0.882. The molecule has 0 aliphatic rings. The molecule has 0 aromatic rings. The number of unbranched alkanes of at least 4 members (excludes halogenated alkanes) is 6. The van der Waals surface area contributed by atoms with E-state index in [1.54, 1.807) is 13.8 Å². The summed E-state index contributed by atoms with van der Waals surface area (Å²) in [4.78, 5) is 23.9. The second-order valence-corrected chi connectivity index (χ2v) is 6.02. The summed E-state index contributed by atoms with van der Waals surface area (Å²) < 4.78 is 10.3. The van der Waals surface area contributed by atoms with Crippen molar-refractivity contribution in [1.29, 1.82) is 0 Å². The smallest absolute Gasteiger partial charge is 0.322 e. The Morgan fingerprint density at radius 3 is 1.57 bits per heavy atom. The first-order valence-electron chi connectivity index (χ1n) is 8.31. The predicted octanol–water partition coefficient (Wildman–Crippen LogP) is 4.26. The van der Waals surface area contributed by atoms with Crippen LogP contribution in [0.5, 0.6) is 0 Å². The lowest BCUT2D eigenvalue weighted by molar-refractivity contribution is -0.169. The van der Waals surface area contributed by atoms with Gasteiger partial charge >= 0.3 is 11.9 Å². The van der Waals surface area contributed by atoms with Gasteiger partial charge in [-0.3, -0.25) is 9.59 Å². The highest BCUT2D eigenvalue weighted by Gasteiger charge is 2.39. The fourth-order valence-electron chi connectivity index (χ4n) is 1.83. The van der Waals surface area contributed by atoms with Crippen molar-refractivity contribution in [1.82, 2.24) is 0 Å². The molecule has 0 aliphatic carbocycles. The number of carbonyl (C=O) groups excluding carboxylic acids is 2. The number of hydrogen-bond acceptors (Lipinski definition) is 4. The molecule has 0 bridgehead atoms. The summed E-state index contributed by atoms with van der Waals surface area (Å²) in [6.45, 7) is 8.14. The molecule has 0 fully saturated rings. The van der Waals surface area contributed by atoms with E-state index in [2.05, 4.69) is 13.8 Å². The number of esters is 2. The Balaban J connectivity index is 3.93. The SMILES string of the molecule is CCCCCCCOC(=O)C(C)(C)C(=O)OCCCCC. The topological polar surface area (TPSA) is 52.6 Å². The highest BCUT2D eigenvalue weighted by molar-refractivity contribution is 5.99. The van der Waals surface area contributed by atoms with Gasteiger partial charge in [-0.15, -0.1) is 0 Å². The first-order valence-corrected chi connectivity index (χ1v) is 8.31. The second kappa shape index (κ2) is 11.6. The molecular formula is C17H32O4. The molecule has 0 spiro atoms. The Kier molecular flexibility index (Phi) is 11.0. The van der Waals surface area contributed by atoms with Crippen molar-refractivity contribution in [2.75, 3.05) is 13.2 Å². The van der Waals surface area contributed by atoms with Crippen molar-refractivity contribution in [3.63, 3.8) is 0 Å². The van der Waals surface area contributed by atoms with E-state index in [0.29, 0.717) is 13.2 Å². The van der Waals surface area contributed by atoms with Gasteiger partial charge in [-0.1, -0.05) is 52.4 Å². The van der Waals surface area contributed by atoms with Crippen LogP contribution in [0.1, 0.15) is 79.1 Å². The third-order valence-electron chi connectivity index (χ3n) is 3.48. The number of ether oxygens (including phenoxy) is 2. The molecule has 0 heterocycles. The average molecular weight is 300 g/mol. The Bertz CT molecular complexity index is 297. The predicted molar refractivity (Wildman–Crippen MR) is 84.0 cm³/mol. The lowest BCUT2D eigenvalue weighted by Crippen LogP contribution is -2.37. The van der Waals surface area contributed by atoms with Crippen LogP contribution in [0.15, 0.2) is 0 Å². The molecule has 0 saturated carbocycles. The normalized spacial score (nSPS) is 11.2. The van der Waals surface area contributed by atoms with Gasteiger partial charge in [0, 0.05) is 0 Å². The van der Waals surface area contributed by atoms with Gasteiger partial charge in [-0.25, -0.2) is 0 Å². The highest BCUT2D eigenvalue weighted by atomic mass is 16.6. The summed E-state index contributed by atoms with van der Waals surface area (Å²) in [5.41, 5.74) is -1.21. The first kappa shape index (κ1) is 19.9. The van der Waals surface area contributed by atoms with Crippen LogP contribution in [0.25, 0.3) is 0 Å². The number of rotatable bonds is 12. The van der Waals surface area contributed by atoms with E-state index in [9.17, 15) is 9.59 Å². The molecule has 4 heteroatoms. The molecule has 0 amide bonds. The number of carbonyl (C=O) groups is 2. The standard InChI is InChI=1S/C17H32O4/c1-5-7-9-10-12-14-21-16(19)17(3,4)15(18)20-13-11-8-6-2/h5-14H2,1-4H3. The molecule has 0 rings (SSSR count). The maximum Gasteiger partial charge on any atom is 0.322 e. The lowest BCUT2D eigenvalue weighted by Gasteiger charge is -2.20. The third-order valence-corrected chi connectivity index (χ3v) is 3.48. The quantitative estimate of drug-likeness (QED) is 0.307. The van der Waals surface area contributed by atoms with Gasteiger partial charge in [0.25, 0.3) is 0 Å². The molecular weight excluding hydrogens is 268 g/mol. The third kappa shape index (κ3) is 8.74. The largest absolute Gasteiger partial charge is 0.465 e. The van der Waals surface area contributed by atoms with Gasteiger partial charge < -0.3 is 9.47 Å². The van der Waals surface area contributed by atoms with E-state index in [1.807, 2.05) is 0 Å². The van der Waals surface area contributed by atoms with Crippen LogP contribution in [0.4, 0.5) is 0 Å². The summed E-state index contributed by atoms with van der Waals surface area (Å²) in [6.07, 6.45) is 8.41. The van der Waals surface area contributed by atoms with Gasteiger partial charge in [-0.05, 0) is 26.7 Å². The van der Waals surface area contributed by atoms with E-state index in [1.165, 1.54) is 12.8 Å². The van der Waals surface area contributed by atoms with E-state index >= 15 is 0 Å². The molecule has 0 atom stereocenters. The molecule has 124 valence electrons. The van der Waals surface area contributed by atoms with Crippen molar-refractivity contribution >= 4 is 11.9 Å². The highest BCUT2D eigenvalue weighted by Crippen LogP contribution is 2.20. The van der Waals surface area contributed by atoms with Gasteiger partial charge in [0.2, 0.25) is 0 Å². The maximum atomic E-state index is 12.0. The summed E-state index contributed by atoms with van der Waals surface area (Å²) >= 11 is 0. The van der Waals surface area contributed by atoms with Gasteiger partial charge in [0.15, 0.2) is 5.41 Å². The van der Waals surface area contributed by atoms with Crippen LogP contribution in [-0.2, 0) is 19.1 Å². The zero-order valence-corrected chi connectivity index (χ0v) is 14.2. The van der Waals surface area contributed by atoms with E-state index in [4.69, 9.17) is 9.47 Å². The van der Waals surface area contributed by atoms with Crippen LogP contribution in [0.2, 0.25) is 0 Å². The summed E-state index contributed by atoms with van der Waals surface area (Å²) in [5, 5.41) is 0. The molecule has 21 heavy (non-hydrogen) atoms. The fourth-order valence-corrected chi connectivity index (χ4v) is 1.83. The minimum absolute atomic E-state index is 0.375. The van der Waals surface area contributed by atoms with E-state index in [0.717, 1.165) is 38.5 Å². The second-order valence-electron chi connectivity index (χ2n) is 6.02. The van der Waals surface area contributed by atoms with Gasteiger partial charge in [-0.2, -0.15) is 0 Å². The Labute approximate surface area is 129 Å². The monoisotopic (exact) mass is 300 g/mol. The number of hydrogen-bond donors (Lipinski definition) is 0. The van der Waals surface area contributed by atoms with Crippen LogP contribution < -0.4 is 0 Å². The average Bonchev–Trinajstić information content (AvgIpc) is 2.46.